The number of rotatable bonds is 7. The second-order valence-corrected chi connectivity index (χ2v) is 8.11. The summed E-state index contributed by atoms with van der Waals surface area (Å²) in [7, 11) is 0. The lowest BCUT2D eigenvalue weighted by atomic mass is 9.96. The Balaban J connectivity index is 1.42. The van der Waals surface area contributed by atoms with Gasteiger partial charge < -0.3 is 10.6 Å². The summed E-state index contributed by atoms with van der Waals surface area (Å²) in [5.74, 6) is 1.19. The number of halogens is 1. The van der Waals surface area contributed by atoms with E-state index in [0.717, 1.165) is 40.1 Å². The average Bonchev–Trinajstić information content (AvgIpc) is 3.32. The van der Waals surface area contributed by atoms with Crippen molar-refractivity contribution in [1.82, 2.24) is 10.3 Å². The van der Waals surface area contributed by atoms with E-state index in [2.05, 4.69) is 36.5 Å². The van der Waals surface area contributed by atoms with Gasteiger partial charge in [-0.1, -0.05) is 48.5 Å². The number of ketones is 1. The summed E-state index contributed by atoms with van der Waals surface area (Å²) in [6, 6.07) is 18.6. The smallest absolute Gasteiger partial charge is 0.229 e. The molecule has 1 aromatic heterocycles. The number of Topliss-reactive ketones (excluding diaryl/α,β-unsaturated/α-hetero) is 1. The van der Waals surface area contributed by atoms with Gasteiger partial charge in [-0.05, 0) is 39.2 Å². The normalized spacial score (nSPS) is 12.7. The molecule has 0 bridgehead atoms. The fourth-order valence-corrected chi connectivity index (χ4v) is 3.63. The largest absolute Gasteiger partial charge is 0.368 e. The summed E-state index contributed by atoms with van der Waals surface area (Å²) in [4.78, 5) is 33.9. The average molecular weight is 477 g/mol. The zero-order valence-electron chi connectivity index (χ0n) is 16.8. The molecule has 1 amide bonds. The molecule has 2 aromatic carbocycles. The van der Waals surface area contributed by atoms with Crippen molar-refractivity contribution in [2.45, 2.75) is 12.8 Å². The quantitative estimate of drug-likeness (QED) is 0.508. The first kappa shape index (κ1) is 20.9. The minimum absolute atomic E-state index is 0.00954. The number of hydrogen-bond acceptors (Lipinski definition) is 5. The molecule has 0 fully saturated rings. The molecule has 4 rings (SSSR count). The molecule has 156 valence electrons. The van der Waals surface area contributed by atoms with Crippen LogP contribution in [0.3, 0.4) is 0 Å². The van der Waals surface area contributed by atoms with Gasteiger partial charge in [0.2, 0.25) is 5.91 Å². The molecule has 31 heavy (non-hydrogen) atoms. The second kappa shape index (κ2) is 9.66. The Morgan fingerprint density at radius 1 is 0.968 bits per heavy atom. The molecule has 0 saturated carbocycles. The van der Waals surface area contributed by atoms with E-state index in [1.807, 2.05) is 54.6 Å². The number of nitrogens with zero attached hydrogens (tertiary/aromatic N) is 2. The van der Waals surface area contributed by atoms with E-state index in [0.29, 0.717) is 11.4 Å². The van der Waals surface area contributed by atoms with Crippen LogP contribution in [0.2, 0.25) is 0 Å². The van der Waals surface area contributed by atoms with E-state index in [4.69, 9.17) is 0 Å². The standard InChI is InChI=1S/C24H21BrN4O2/c25-20-9-10-22(28-15-20)29-23(31)14-19-4-2-1-3-18(19)13-21(30)16-5-7-17(8-6-16)24-26-11-12-27-24/h1-10,15H,11-14H2,(H,26,27)(H,28,29,31). The zero-order chi connectivity index (χ0) is 21.6. The van der Waals surface area contributed by atoms with Crippen molar-refractivity contribution in [3.05, 3.63) is 93.6 Å². The molecule has 0 saturated heterocycles. The first-order valence-electron chi connectivity index (χ1n) is 9.98. The van der Waals surface area contributed by atoms with Crippen LogP contribution in [0.5, 0.6) is 0 Å². The maximum absolute atomic E-state index is 12.8. The molecule has 1 aliphatic heterocycles. The lowest BCUT2D eigenvalue weighted by molar-refractivity contribution is -0.115. The highest BCUT2D eigenvalue weighted by atomic mass is 79.9. The molecule has 0 unspecified atom stereocenters. The van der Waals surface area contributed by atoms with E-state index in [1.54, 1.807) is 12.3 Å². The first-order chi connectivity index (χ1) is 15.1. The number of carbonyl (C=O) groups is 2. The van der Waals surface area contributed by atoms with E-state index < -0.39 is 0 Å². The maximum Gasteiger partial charge on any atom is 0.229 e. The fourth-order valence-electron chi connectivity index (χ4n) is 3.39. The molecule has 0 atom stereocenters. The lowest BCUT2D eigenvalue weighted by Gasteiger charge is -2.10. The second-order valence-electron chi connectivity index (χ2n) is 7.19. The van der Waals surface area contributed by atoms with Crippen LogP contribution < -0.4 is 10.6 Å². The van der Waals surface area contributed by atoms with Crippen LogP contribution in [0, 0.1) is 0 Å². The number of amidine groups is 1. The summed E-state index contributed by atoms with van der Waals surface area (Å²) < 4.78 is 0.842. The number of amides is 1. The van der Waals surface area contributed by atoms with Crippen molar-refractivity contribution >= 4 is 39.3 Å². The summed E-state index contributed by atoms with van der Waals surface area (Å²) in [5, 5.41) is 6.02. The van der Waals surface area contributed by atoms with Crippen molar-refractivity contribution in [3.8, 4) is 0 Å². The Morgan fingerprint density at radius 3 is 2.35 bits per heavy atom. The van der Waals surface area contributed by atoms with Crippen LogP contribution in [-0.4, -0.2) is 35.6 Å². The SMILES string of the molecule is O=C(Cc1ccccc1CC(=O)c1ccc(C2=NCCN2)cc1)Nc1ccc(Br)cn1. The Hall–Kier alpha value is -3.32. The van der Waals surface area contributed by atoms with Gasteiger partial charge in [-0.15, -0.1) is 0 Å². The molecule has 0 radical (unpaired) electrons. The number of pyridine rings is 1. The number of benzene rings is 2. The van der Waals surface area contributed by atoms with Crippen molar-refractivity contribution in [2.24, 2.45) is 4.99 Å². The Labute approximate surface area is 188 Å². The van der Waals surface area contributed by atoms with Crippen molar-refractivity contribution in [3.63, 3.8) is 0 Å². The molecule has 1 aliphatic rings. The topological polar surface area (TPSA) is 83.5 Å². The van der Waals surface area contributed by atoms with Crippen LogP contribution in [-0.2, 0) is 17.6 Å². The van der Waals surface area contributed by atoms with E-state index in [9.17, 15) is 9.59 Å². The third-order valence-electron chi connectivity index (χ3n) is 4.97. The predicted octanol–water partition coefficient (Wildman–Crippen LogP) is 3.80. The van der Waals surface area contributed by atoms with Gasteiger partial charge in [-0.25, -0.2) is 4.98 Å². The van der Waals surface area contributed by atoms with E-state index in [-0.39, 0.29) is 24.5 Å². The van der Waals surface area contributed by atoms with Crippen LogP contribution in [0.1, 0.15) is 27.0 Å². The Bertz CT molecular complexity index is 1130. The zero-order valence-corrected chi connectivity index (χ0v) is 18.4. The number of carbonyl (C=O) groups excluding carboxylic acids is 2. The number of aromatic nitrogens is 1. The maximum atomic E-state index is 12.8. The molecular weight excluding hydrogens is 456 g/mol. The minimum Gasteiger partial charge on any atom is -0.368 e. The van der Waals surface area contributed by atoms with Crippen molar-refractivity contribution in [2.75, 3.05) is 18.4 Å². The van der Waals surface area contributed by atoms with Gasteiger partial charge in [0.15, 0.2) is 5.78 Å². The summed E-state index contributed by atoms with van der Waals surface area (Å²) in [5.41, 5.74) is 3.29. The van der Waals surface area contributed by atoms with Crippen LogP contribution in [0.25, 0.3) is 0 Å². The van der Waals surface area contributed by atoms with Crippen molar-refractivity contribution < 1.29 is 9.59 Å². The van der Waals surface area contributed by atoms with Crippen LogP contribution in [0.4, 0.5) is 5.82 Å². The highest BCUT2D eigenvalue weighted by molar-refractivity contribution is 9.10. The number of anilines is 1. The van der Waals surface area contributed by atoms with Gasteiger partial charge in [0.05, 0.1) is 13.0 Å². The molecule has 7 heteroatoms. The van der Waals surface area contributed by atoms with Gasteiger partial charge in [0, 0.05) is 34.8 Å². The highest BCUT2D eigenvalue weighted by Gasteiger charge is 2.14. The van der Waals surface area contributed by atoms with Gasteiger partial charge in [0.1, 0.15) is 11.7 Å². The number of hydrogen-bond donors (Lipinski definition) is 2. The molecule has 2 heterocycles. The molecular formula is C24H21BrN4O2. The highest BCUT2D eigenvalue weighted by Crippen LogP contribution is 2.16. The van der Waals surface area contributed by atoms with Gasteiger partial charge in [-0.3, -0.25) is 14.6 Å². The molecule has 3 aromatic rings. The summed E-state index contributed by atoms with van der Waals surface area (Å²) in [6.07, 6.45) is 2.03. The molecule has 2 N–H and O–H groups in total. The van der Waals surface area contributed by atoms with Crippen LogP contribution in [0.15, 0.2) is 76.3 Å². The number of aliphatic imine (C=N–C) groups is 1. The molecule has 0 aliphatic carbocycles. The van der Waals surface area contributed by atoms with Crippen molar-refractivity contribution in [1.29, 1.82) is 0 Å². The first-order valence-corrected chi connectivity index (χ1v) is 10.8. The fraction of sp³-hybridized carbons (Fsp3) is 0.167. The molecule has 0 spiro atoms. The number of nitrogens with one attached hydrogen (secondary N) is 2. The third-order valence-corrected chi connectivity index (χ3v) is 5.44. The minimum atomic E-state index is -0.177. The monoisotopic (exact) mass is 476 g/mol. The third kappa shape index (κ3) is 5.44. The van der Waals surface area contributed by atoms with Gasteiger partial charge in [0.25, 0.3) is 0 Å². The predicted molar refractivity (Wildman–Crippen MR) is 125 cm³/mol. The van der Waals surface area contributed by atoms with Gasteiger partial charge in [-0.2, -0.15) is 0 Å². The summed E-state index contributed by atoms with van der Waals surface area (Å²) in [6.45, 7) is 1.62. The Morgan fingerprint density at radius 2 is 1.71 bits per heavy atom. The van der Waals surface area contributed by atoms with Gasteiger partial charge >= 0.3 is 0 Å². The molecule has 6 nitrogen and oxygen atoms in total. The lowest BCUT2D eigenvalue weighted by Crippen LogP contribution is -2.19. The van der Waals surface area contributed by atoms with Crippen LogP contribution >= 0.6 is 15.9 Å². The Kier molecular flexibility index (Phi) is 6.52. The summed E-state index contributed by atoms with van der Waals surface area (Å²) >= 11 is 3.32. The van der Waals surface area contributed by atoms with E-state index >= 15 is 0 Å². The van der Waals surface area contributed by atoms with E-state index in [1.165, 1.54) is 0 Å².